The number of furan rings is 1. The molecule has 0 bridgehead atoms. The van der Waals surface area contributed by atoms with Gasteiger partial charge in [0.1, 0.15) is 0 Å². The number of hydrogen-bond acceptors (Lipinski definition) is 2. The van der Waals surface area contributed by atoms with Crippen molar-refractivity contribution < 1.29 is 9.21 Å². The van der Waals surface area contributed by atoms with E-state index < -0.39 is 0 Å². The molecule has 0 unspecified atom stereocenters. The van der Waals surface area contributed by atoms with E-state index in [0.717, 1.165) is 31.6 Å². The Bertz CT molecular complexity index is 833. The summed E-state index contributed by atoms with van der Waals surface area (Å²) in [5.41, 5.74) is 3.70. The lowest BCUT2D eigenvalue weighted by Gasteiger charge is -2.23. The van der Waals surface area contributed by atoms with Crippen LogP contribution in [0.5, 0.6) is 0 Å². The molecule has 0 saturated heterocycles. The second-order valence-corrected chi connectivity index (χ2v) is 6.61. The Morgan fingerprint density at radius 3 is 2.69 bits per heavy atom. The summed E-state index contributed by atoms with van der Waals surface area (Å²) in [6.45, 7) is 6.39. The lowest BCUT2D eigenvalue weighted by molar-refractivity contribution is 0.0705. The SMILES string of the molecule is CCCCN(Cc1cccn1Cc1ccccc1C)C(=O)c1ccco1. The van der Waals surface area contributed by atoms with Gasteiger partial charge < -0.3 is 13.9 Å². The number of nitrogens with zero attached hydrogens (tertiary/aromatic N) is 2. The quantitative estimate of drug-likeness (QED) is 0.581. The van der Waals surface area contributed by atoms with Gasteiger partial charge >= 0.3 is 0 Å². The van der Waals surface area contributed by atoms with E-state index in [9.17, 15) is 4.79 Å². The van der Waals surface area contributed by atoms with Crippen LogP contribution in [-0.2, 0) is 13.1 Å². The van der Waals surface area contributed by atoms with Crippen LogP contribution in [0.3, 0.4) is 0 Å². The normalized spacial score (nSPS) is 10.8. The van der Waals surface area contributed by atoms with Crippen molar-refractivity contribution in [3.63, 3.8) is 0 Å². The first-order chi connectivity index (χ1) is 12.7. The standard InChI is InChI=1S/C22H26N2O2/c1-3-4-13-24(22(25)21-12-8-15-26-21)17-20-11-7-14-23(20)16-19-10-6-5-9-18(19)2/h5-12,14-15H,3-4,13,16-17H2,1-2H3. The number of benzene rings is 1. The topological polar surface area (TPSA) is 38.4 Å². The van der Waals surface area contributed by atoms with Crippen LogP contribution < -0.4 is 0 Å². The van der Waals surface area contributed by atoms with Crippen LogP contribution in [0.15, 0.2) is 65.4 Å². The van der Waals surface area contributed by atoms with Crippen molar-refractivity contribution in [2.75, 3.05) is 6.54 Å². The molecule has 4 heteroatoms. The Morgan fingerprint density at radius 1 is 1.12 bits per heavy atom. The predicted molar refractivity (Wildman–Crippen MR) is 103 cm³/mol. The number of aryl methyl sites for hydroxylation is 1. The van der Waals surface area contributed by atoms with Crippen molar-refractivity contribution >= 4 is 5.91 Å². The average Bonchev–Trinajstić information content (AvgIpc) is 3.32. The molecule has 0 radical (unpaired) electrons. The molecule has 2 aromatic heterocycles. The Kier molecular flexibility index (Phi) is 5.95. The molecular weight excluding hydrogens is 324 g/mol. The summed E-state index contributed by atoms with van der Waals surface area (Å²) in [7, 11) is 0. The van der Waals surface area contributed by atoms with E-state index in [-0.39, 0.29) is 5.91 Å². The third-order valence-electron chi connectivity index (χ3n) is 4.68. The van der Waals surface area contributed by atoms with E-state index in [2.05, 4.69) is 54.9 Å². The van der Waals surface area contributed by atoms with Crippen LogP contribution in [-0.4, -0.2) is 21.9 Å². The van der Waals surface area contributed by atoms with Gasteiger partial charge in [0.05, 0.1) is 12.8 Å². The molecule has 136 valence electrons. The lowest BCUT2D eigenvalue weighted by Crippen LogP contribution is -2.32. The molecule has 3 rings (SSSR count). The molecule has 1 amide bonds. The van der Waals surface area contributed by atoms with E-state index in [1.807, 2.05) is 11.0 Å². The van der Waals surface area contributed by atoms with Gasteiger partial charge in [-0.2, -0.15) is 0 Å². The number of carbonyl (C=O) groups excluding carboxylic acids is 1. The largest absolute Gasteiger partial charge is 0.459 e. The summed E-state index contributed by atoms with van der Waals surface area (Å²) in [6.07, 6.45) is 5.65. The molecular formula is C22H26N2O2. The highest BCUT2D eigenvalue weighted by atomic mass is 16.3. The monoisotopic (exact) mass is 350 g/mol. The number of carbonyl (C=O) groups is 1. The predicted octanol–water partition coefficient (Wildman–Crippen LogP) is 4.88. The minimum atomic E-state index is -0.0490. The zero-order chi connectivity index (χ0) is 18.4. The second-order valence-electron chi connectivity index (χ2n) is 6.61. The molecule has 0 aliphatic rings. The van der Waals surface area contributed by atoms with Gasteiger partial charge in [0.25, 0.3) is 5.91 Å². The zero-order valence-electron chi connectivity index (χ0n) is 15.5. The van der Waals surface area contributed by atoms with Crippen molar-refractivity contribution in [3.8, 4) is 0 Å². The summed E-state index contributed by atoms with van der Waals surface area (Å²) in [6, 6.07) is 16.0. The lowest BCUT2D eigenvalue weighted by atomic mass is 10.1. The molecule has 3 aromatic rings. The molecule has 0 aliphatic carbocycles. The molecule has 26 heavy (non-hydrogen) atoms. The number of unbranched alkanes of at least 4 members (excludes halogenated alkanes) is 1. The van der Waals surface area contributed by atoms with E-state index in [4.69, 9.17) is 4.42 Å². The maximum atomic E-state index is 12.8. The van der Waals surface area contributed by atoms with Gasteiger partial charge in [-0.05, 0) is 48.7 Å². The summed E-state index contributed by atoms with van der Waals surface area (Å²) < 4.78 is 7.54. The fraction of sp³-hybridized carbons (Fsp3) is 0.318. The molecule has 0 aliphatic heterocycles. The van der Waals surface area contributed by atoms with Gasteiger partial charge in [-0.3, -0.25) is 4.79 Å². The van der Waals surface area contributed by atoms with Crippen molar-refractivity contribution in [2.24, 2.45) is 0 Å². The average molecular weight is 350 g/mol. The van der Waals surface area contributed by atoms with Crippen LogP contribution >= 0.6 is 0 Å². The number of amides is 1. The van der Waals surface area contributed by atoms with Crippen molar-refractivity contribution in [1.29, 1.82) is 0 Å². The van der Waals surface area contributed by atoms with E-state index in [1.165, 1.54) is 11.1 Å². The van der Waals surface area contributed by atoms with Crippen LogP contribution in [0.4, 0.5) is 0 Å². The van der Waals surface area contributed by atoms with Crippen molar-refractivity contribution in [2.45, 2.75) is 39.8 Å². The molecule has 0 spiro atoms. The molecule has 0 fully saturated rings. The van der Waals surface area contributed by atoms with Crippen LogP contribution in [0, 0.1) is 6.92 Å². The van der Waals surface area contributed by atoms with Gasteiger partial charge in [0.2, 0.25) is 0 Å². The molecule has 0 N–H and O–H groups in total. The third kappa shape index (κ3) is 4.26. The van der Waals surface area contributed by atoms with Crippen LogP contribution in [0.2, 0.25) is 0 Å². The summed E-state index contributed by atoms with van der Waals surface area (Å²) in [5, 5.41) is 0. The van der Waals surface area contributed by atoms with Gasteiger partial charge in [-0.1, -0.05) is 37.6 Å². The number of hydrogen-bond donors (Lipinski definition) is 0. The summed E-state index contributed by atoms with van der Waals surface area (Å²) >= 11 is 0. The molecule has 0 atom stereocenters. The minimum absolute atomic E-state index is 0.0490. The maximum Gasteiger partial charge on any atom is 0.289 e. The van der Waals surface area contributed by atoms with Crippen molar-refractivity contribution in [1.82, 2.24) is 9.47 Å². The van der Waals surface area contributed by atoms with E-state index in [1.54, 1.807) is 18.4 Å². The minimum Gasteiger partial charge on any atom is -0.459 e. The van der Waals surface area contributed by atoms with Crippen LogP contribution in [0.25, 0.3) is 0 Å². The summed E-state index contributed by atoms with van der Waals surface area (Å²) in [5.74, 6) is 0.352. The van der Waals surface area contributed by atoms with Gasteiger partial charge in [0, 0.05) is 25.0 Å². The highest BCUT2D eigenvalue weighted by Gasteiger charge is 2.19. The Morgan fingerprint density at radius 2 is 1.96 bits per heavy atom. The fourth-order valence-electron chi connectivity index (χ4n) is 3.07. The van der Waals surface area contributed by atoms with Crippen molar-refractivity contribution in [3.05, 3.63) is 83.6 Å². The Hall–Kier alpha value is -2.75. The van der Waals surface area contributed by atoms with E-state index in [0.29, 0.717) is 12.3 Å². The summed E-state index contributed by atoms with van der Waals surface area (Å²) in [4.78, 5) is 14.7. The fourth-order valence-corrected chi connectivity index (χ4v) is 3.07. The molecule has 0 saturated carbocycles. The Balaban J connectivity index is 1.78. The first kappa shape index (κ1) is 18.1. The second kappa shape index (κ2) is 8.56. The molecule has 1 aromatic carbocycles. The number of rotatable bonds is 8. The zero-order valence-corrected chi connectivity index (χ0v) is 15.5. The Labute approximate surface area is 155 Å². The van der Waals surface area contributed by atoms with Gasteiger partial charge in [-0.15, -0.1) is 0 Å². The van der Waals surface area contributed by atoms with Gasteiger partial charge in [0.15, 0.2) is 5.76 Å². The van der Waals surface area contributed by atoms with E-state index >= 15 is 0 Å². The molecule has 4 nitrogen and oxygen atoms in total. The number of aromatic nitrogens is 1. The highest BCUT2D eigenvalue weighted by molar-refractivity contribution is 5.91. The van der Waals surface area contributed by atoms with Crippen LogP contribution in [0.1, 0.15) is 47.1 Å². The first-order valence-corrected chi connectivity index (χ1v) is 9.20. The van der Waals surface area contributed by atoms with Gasteiger partial charge in [-0.25, -0.2) is 0 Å². The smallest absolute Gasteiger partial charge is 0.289 e. The highest BCUT2D eigenvalue weighted by Crippen LogP contribution is 2.16. The molecule has 2 heterocycles. The third-order valence-corrected chi connectivity index (χ3v) is 4.68. The maximum absolute atomic E-state index is 12.8. The first-order valence-electron chi connectivity index (χ1n) is 9.20.